The molecular formula is C25H20BrNO5S. The first-order valence-electron chi connectivity index (χ1n) is 10.0. The molecule has 0 saturated heterocycles. The van der Waals surface area contributed by atoms with Crippen molar-refractivity contribution in [3.8, 4) is 0 Å². The number of esters is 1. The molecular weight excluding hydrogens is 506 g/mol. The minimum atomic E-state index is -0.630. The fraction of sp³-hybridized carbons (Fsp3) is 0.120. The van der Waals surface area contributed by atoms with Gasteiger partial charge >= 0.3 is 5.97 Å². The summed E-state index contributed by atoms with van der Waals surface area (Å²) in [5.41, 5.74) is 1.45. The SMILES string of the molecule is O=C(CCC(=O)OCC(=O)c1ccc(Br)cc1)Nc1ccc(C(=O)/C=C/c2cccs2)cc1. The zero-order chi connectivity index (χ0) is 23.6. The average molecular weight is 526 g/mol. The van der Waals surface area contributed by atoms with E-state index in [0.29, 0.717) is 16.8 Å². The van der Waals surface area contributed by atoms with E-state index in [2.05, 4.69) is 21.2 Å². The third kappa shape index (κ3) is 7.93. The lowest BCUT2D eigenvalue weighted by Crippen LogP contribution is -2.17. The normalized spacial score (nSPS) is 10.7. The summed E-state index contributed by atoms with van der Waals surface area (Å²) in [4.78, 5) is 49.2. The van der Waals surface area contributed by atoms with Crippen molar-refractivity contribution in [2.75, 3.05) is 11.9 Å². The third-order valence-electron chi connectivity index (χ3n) is 4.48. The second-order valence-corrected chi connectivity index (χ2v) is 8.82. The smallest absolute Gasteiger partial charge is 0.306 e. The van der Waals surface area contributed by atoms with E-state index in [0.717, 1.165) is 9.35 Å². The maximum absolute atomic E-state index is 12.2. The monoisotopic (exact) mass is 525 g/mol. The second kappa shape index (κ2) is 12.0. The van der Waals surface area contributed by atoms with E-state index >= 15 is 0 Å². The van der Waals surface area contributed by atoms with E-state index in [1.807, 2.05) is 17.5 Å². The van der Waals surface area contributed by atoms with E-state index in [-0.39, 0.29) is 36.9 Å². The highest BCUT2D eigenvalue weighted by atomic mass is 79.9. The van der Waals surface area contributed by atoms with Gasteiger partial charge in [0.05, 0.1) is 6.42 Å². The largest absolute Gasteiger partial charge is 0.457 e. The van der Waals surface area contributed by atoms with E-state index < -0.39 is 5.97 Å². The van der Waals surface area contributed by atoms with Crippen LogP contribution in [0.25, 0.3) is 6.08 Å². The number of halogens is 1. The number of hydrogen-bond acceptors (Lipinski definition) is 6. The van der Waals surface area contributed by atoms with Crippen molar-refractivity contribution in [2.24, 2.45) is 0 Å². The van der Waals surface area contributed by atoms with Gasteiger partial charge in [-0.15, -0.1) is 11.3 Å². The van der Waals surface area contributed by atoms with Crippen molar-refractivity contribution in [3.63, 3.8) is 0 Å². The Morgan fingerprint density at radius 1 is 0.909 bits per heavy atom. The summed E-state index contributed by atoms with van der Waals surface area (Å²) in [6.07, 6.45) is 3.03. The number of amides is 1. The number of nitrogens with one attached hydrogen (secondary N) is 1. The molecule has 0 bridgehead atoms. The number of ether oxygens (including phenoxy) is 1. The van der Waals surface area contributed by atoms with Gasteiger partial charge < -0.3 is 10.1 Å². The summed E-state index contributed by atoms with van der Waals surface area (Å²) in [7, 11) is 0. The van der Waals surface area contributed by atoms with Crippen molar-refractivity contribution in [2.45, 2.75) is 12.8 Å². The van der Waals surface area contributed by atoms with Gasteiger partial charge in [-0.25, -0.2) is 0 Å². The maximum Gasteiger partial charge on any atom is 0.306 e. The molecule has 3 rings (SSSR count). The molecule has 33 heavy (non-hydrogen) atoms. The molecule has 1 heterocycles. The highest BCUT2D eigenvalue weighted by Gasteiger charge is 2.12. The molecule has 6 nitrogen and oxygen atoms in total. The molecule has 1 N–H and O–H groups in total. The van der Waals surface area contributed by atoms with Gasteiger partial charge in [0.15, 0.2) is 18.2 Å². The van der Waals surface area contributed by atoms with Crippen LogP contribution < -0.4 is 5.32 Å². The summed E-state index contributed by atoms with van der Waals surface area (Å²) < 4.78 is 5.80. The molecule has 0 aliphatic carbocycles. The number of allylic oxidation sites excluding steroid dienone is 1. The van der Waals surface area contributed by atoms with Gasteiger partial charge in [0.1, 0.15) is 0 Å². The second-order valence-electron chi connectivity index (χ2n) is 6.93. The Morgan fingerprint density at radius 3 is 2.27 bits per heavy atom. The van der Waals surface area contributed by atoms with Crippen molar-refractivity contribution >= 4 is 62.5 Å². The van der Waals surface area contributed by atoms with Crippen LogP contribution in [-0.4, -0.2) is 30.0 Å². The Labute approximate surface area is 203 Å². The maximum atomic E-state index is 12.2. The molecule has 8 heteroatoms. The van der Waals surface area contributed by atoms with Crippen LogP contribution in [0.5, 0.6) is 0 Å². The Kier molecular flexibility index (Phi) is 8.86. The summed E-state index contributed by atoms with van der Waals surface area (Å²) in [5, 5.41) is 4.60. The molecule has 3 aromatic rings. The number of carbonyl (C=O) groups excluding carboxylic acids is 4. The van der Waals surface area contributed by atoms with Gasteiger partial charge in [0, 0.05) is 32.6 Å². The quantitative estimate of drug-likeness (QED) is 0.213. The van der Waals surface area contributed by atoms with Crippen LogP contribution >= 0.6 is 27.3 Å². The summed E-state index contributed by atoms with van der Waals surface area (Å²) >= 11 is 4.83. The predicted octanol–water partition coefficient (Wildman–Crippen LogP) is 5.55. The molecule has 0 spiro atoms. The lowest BCUT2D eigenvalue weighted by Gasteiger charge is -2.07. The number of Topliss-reactive ketones (excluding diaryl/α,β-unsaturated/α-hetero) is 1. The van der Waals surface area contributed by atoms with Gasteiger partial charge in [-0.3, -0.25) is 19.2 Å². The Hall–Kier alpha value is -3.36. The van der Waals surface area contributed by atoms with E-state index in [1.54, 1.807) is 65.9 Å². The van der Waals surface area contributed by atoms with Crippen LogP contribution in [0.3, 0.4) is 0 Å². The van der Waals surface area contributed by atoms with Gasteiger partial charge in [0.2, 0.25) is 5.91 Å². The molecule has 0 saturated carbocycles. The van der Waals surface area contributed by atoms with E-state index in [4.69, 9.17) is 4.74 Å². The number of carbonyl (C=O) groups is 4. The Morgan fingerprint density at radius 2 is 1.61 bits per heavy atom. The fourth-order valence-corrected chi connectivity index (χ4v) is 3.62. The minimum absolute atomic E-state index is 0.0878. The van der Waals surface area contributed by atoms with Gasteiger partial charge in [-0.05, 0) is 60.0 Å². The van der Waals surface area contributed by atoms with Crippen molar-refractivity contribution in [1.29, 1.82) is 0 Å². The standard InChI is InChI=1S/C25H20BrNO5S/c26-19-7-3-18(4-8-19)23(29)16-32-25(31)14-13-24(30)27-20-9-5-17(6-10-20)22(28)12-11-21-2-1-15-33-21/h1-12,15H,13-14,16H2,(H,27,30)/b12-11+. The highest BCUT2D eigenvalue weighted by Crippen LogP contribution is 2.14. The van der Waals surface area contributed by atoms with E-state index in [9.17, 15) is 19.2 Å². The number of ketones is 2. The molecule has 0 unspecified atom stereocenters. The predicted molar refractivity (Wildman–Crippen MR) is 131 cm³/mol. The van der Waals surface area contributed by atoms with Gasteiger partial charge in [0.25, 0.3) is 0 Å². The van der Waals surface area contributed by atoms with Crippen LogP contribution in [0.1, 0.15) is 38.4 Å². The van der Waals surface area contributed by atoms with Crippen LogP contribution in [0.4, 0.5) is 5.69 Å². The molecule has 0 fully saturated rings. The molecule has 0 aliphatic heterocycles. The van der Waals surface area contributed by atoms with E-state index in [1.165, 1.54) is 6.08 Å². The van der Waals surface area contributed by atoms with Gasteiger partial charge in [-0.1, -0.05) is 34.1 Å². The first-order valence-corrected chi connectivity index (χ1v) is 11.7. The molecule has 1 amide bonds. The average Bonchev–Trinajstić information content (AvgIpc) is 3.34. The van der Waals surface area contributed by atoms with Crippen LogP contribution in [0, 0.1) is 0 Å². The lowest BCUT2D eigenvalue weighted by molar-refractivity contribution is -0.143. The minimum Gasteiger partial charge on any atom is -0.457 e. The summed E-state index contributed by atoms with van der Waals surface area (Å²) in [6, 6.07) is 17.0. The molecule has 0 atom stereocenters. The first-order chi connectivity index (χ1) is 15.9. The lowest BCUT2D eigenvalue weighted by atomic mass is 10.1. The number of thiophene rings is 1. The fourth-order valence-electron chi connectivity index (χ4n) is 2.73. The third-order valence-corrected chi connectivity index (χ3v) is 5.85. The number of benzene rings is 2. The first kappa shape index (κ1) is 24.3. The molecule has 0 aliphatic rings. The highest BCUT2D eigenvalue weighted by molar-refractivity contribution is 9.10. The molecule has 1 aromatic heterocycles. The van der Waals surface area contributed by atoms with Crippen LogP contribution in [0.15, 0.2) is 76.6 Å². The van der Waals surface area contributed by atoms with Crippen LogP contribution in [-0.2, 0) is 14.3 Å². The number of hydrogen-bond donors (Lipinski definition) is 1. The van der Waals surface area contributed by atoms with Gasteiger partial charge in [-0.2, -0.15) is 0 Å². The molecule has 168 valence electrons. The summed E-state index contributed by atoms with van der Waals surface area (Å²) in [5.74, 6) is -1.46. The van der Waals surface area contributed by atoms with Crippen molar-refractivity contribution in [3.05, 3.63) is 92.6 Å². The number of rotatable bonds is 10. The zero-order valence-electron chi connectivity index (χ0n) is 17.5. The summed E-state index contributed by atoms with van der Waals surface area (Å²) in [6.45, 7) is -0.376. The van der Waals surface area contributed by atoms with Crippen molar-refractivity contribution in [1.82, 2.24) is 0 Å². The van der Waals surface area contributed by atoms with Crippen molar-refractivity contribution < 1.29 is 23.9 Å². The topological polar surface area (TPSA) is 89.5 Å². The Bertz CT molecular complexity index is 1150. The van der Waals surface area contributed by atoms with Crippen LogP contribution in [0.2, 0.25) is 0 Å². The molecule has 0 radical (unpaired) electrons. The number of anilines is 1. The zero-order valence-corrected chi connectivity index (χ0v) is 19.9. The Balaban J connectivity index is 1.40. The molecule has 2 aromatic carbocycles.